The van der Waals surface area contributed by atoms with E-state index in [1.807, 2.05) is 32.2 Å². The van der Waals surface area contributed by atoms with Crippen molar-refractivity contribution in [3.05, 3.63) is 41.4 Å². The molecule has 1 atom stereocenters. The molecule has 1 aliphatic heterocycles. The maximum atomic E-state index is 5.74. The Labute approximate surface area is 145 Å². The second-order valence-electron chi connectivity index (χ2n) is 6.59. The Bertz CT molecular complexity index is 851. The molecule has 3 aromatic heterocycles. The molecule has 0 amide bonds. The topological polar surface area (TPSA) is 87.2 Å². The standard InChI is InChI=1S/C17H22N6O2/c1-11-4-5-15(24-11)16-13(8-18-20-16)9-23-7-6-22(3)14(10-23)17-19-12(2)21-25-17/h4-5,8,14H,6-7,9-10H2,1-3H3,(H,18,20)/t14-/m0/s1. The van der Waals surface area contributed by atoms with Crippen LogP contribution in [-0.4, -0.2) is 56.8 Å². The lowest BCUT2D eigenvalue weighted by Crippen LogP contribution is -2.46. The minimum atomic E-state index is 0.108. The maximum absolute atomic E-state index is 5.74. The van der Waals surface area contributed by atoms with Crippen LogP contribution in [0.2, 0.25) is 0 Å². The largest absolute Gasteiger partial charge is 0.460 e. The third kappa shape index (κ3) is 3.22. The van der Waals surface area contributed by atoms with Gasteiger partial charge in [0.05, 0.1) is 6.20 Å². The Morgan fingerprint density at radius 3 is 2.88 bits per heavy atom. The van der Waals surface area contributed by atoms with E-state index >= 15 is 0 Å². The van der Waals surface area contributed by atoms with E-state index in [0.717, 1.165) is 49.0 Å². The van der Waals surface area contributed by atoms with Crippen molar-refractivity contribution in [3.63, 3.8) is 0 Å². The van der Waals surface area contributed by atoms with E-state index in [1.165, 1.54) is 0 Å². The molecule has 1 aliphatic rings. The molecule has 4 rings (SSSR count). The predicted octanol–water partition coefficient (Wildman–Crippen LogP) is 2.16. The molecule has 0 saturated carbocycles. The Hall–Kier alpha value is -2.45. The molecule has 4 heterocycles. The van der Waals surface area contributed by atoms with Crippen molar-refractivity contribution in [2.45, 2.75) is 26.4 Å². The SMILES string of the molecule is Cc1noc([C@@H]2CN(Cc3cn[nH]c3-c3ccc(C)o3)CCN2C)n1. The van der Waals surface area contributed by atoms with Gasteiger partial charge in [-0.3, -0.25) is 14.9 Å². The summed E-state index contributed by atoms with van der Waals surface area (Å²) >= 11 is 0. The average Bonchev–Trinajstić information content (AvgIpc) is 3.31. The number of aromatic amines is 1. The summed E-state index contributed by atoms with van der Waals surface area (Å²) in [6, 6.07) is 4.04. The fraction of sp³-hybridized carbons (Fsp3) is 0.471. The third-order valence-electron chi connectivity index (χ3n) is 4.66. The fourth-order valence-electron chi connectivity index (χ4n) is 3.24. The lowest BCUT2D eigenvalue weighted by Gasteiger charge is -2.37. The van der Waals surface area contributed by atoms with Crippen molar-refractivity contribution in [1.82, 2.24) is 30.1 Å². The van der Waals surface area contributed by atoms with Gasteiger partial charge in [-0.25, -0.2) is 0 Å². The van der Waals surface area contributed by atoms with Crippen LogP contribution in [0.15, 0.2) is 27.3 Å². The van der Waals surface area contributed by atoms with Gasteiger partial charge in [0.15, 0.2) is 11.6 Å². The highest BCUT2D eigenvalue weighted by atomic mass is 16.5. The van der Waals surface area contributed by atoms with Gasteiger partial charge in [-0.1, -0.05) is 5.16 Å². The molecule has 1 fully saturated rings. The first-order valence-electron chi connectivity index (χ1n) is 8.42. The van der Waals surface area contributed by atoms with Gasteiger partial charge in [0.25, 0.3) is 0 Å². The van der Waals surface area contributed by atoms with E-state index in [-0.39, 0.29) is 6.04 Å². The van der Waals surface area contributed by atoms with Gasteiger partial charge in [-0.15, -0.1) is 0 Å². The van der Waals surface area contributed by atoms with Crippen LogP contribution in [0.4, 0.5) is 0 Å². The number of nitrogens with one attached hydrogen (secondary N) is 1. The molecule has 25 heavy (non-hydrogen) atoms. The quantitative estimate of drug-likeness (QED) is 0.777. The number of piperazine rings is 1. The van der Waals surface area contributed by atoms with E-state index in [1.54, 1.807) is 0 Å². The molecule has 0 radical (unpaired) electrons. The number of rotatable bonds is 4. The van der Waals surface area contributed by atoms with Gasteiger partial charge in [0.2, 0.25) is 5.89 Å². The van der Waals surface area contributed by atoms with Gasteiger partial charge < -0.3 is 8.94 Å². The summed E-state index contributed by atoms with van der Waals surface area (Å²) in [6.07, 6.45) is 1.87. The summed E-state index contributed by atoms with van der Waals surface area (Å²) in [4.78, 5) is 9.05. The molecule has 3 aromatic rings. The summed E-state index contributed by atoms with van der Waals surface area (Å²) in [7, 11) is 2.09. The molecule has 0 aliphatic carbocycles. The summed E-state index contributed by atoms with van der Waals surface area (Å²) in [5.41, 5.74) is 2.07. The van der Waals surface area contributed by atoms with Crippen molar-refractivity contribution in [2.75, 3.05) is 26.7 Å². The van der Waals surface area contributed by atoms with Crippen molar-refractivity contribution >= 4 is 0 Å². The number of likely N-dealkylation sites (N-methyl/N-ethyl adjacent to an activating group) is 1. The monoisotopic (exact) mass is 342 g/mol. The van der Waals surface area contributed by atoms with E-state index in [9.17, 15) is 0 Å². The normalized spacial score (nSPS) is 19.6. The van der Waals surface area contributed by atoms with E-state index in [4.69, 9.17) is 8.94 Å². The Morgan fingerprint density at radius 2 is 2.16 bits per heavy atom. The van der Waals surface area contributed by atoms with Gasteiger partial charge in [-0.2, -0.15) is 10.1 Å². The minimum absolute atomic E-state index is 0.108. The molecule has 0 unspecified atom stereocenters. The minimum Gasteiger partial charge on any atom is -0.460 e. The van der Waals surface area contributed by atoms with Crippen LogP contribution < -0.4 is 0 Å². The number of furan rings is 1. The number of hydrogen-bond donors (Lipinski definition) is 1. The first kappa shape index (κ1) is 16.0. The zero-order chi connectivity index (χ0) is 17.4. The highest BCUT2D eigenvalue weighted by Gasteiger charge is 2.30. The number of H-pyrrole nitrogens is 1. The number of aromatic nitrogens is 4. The van der Waals surface area contributed by atoms with Crippen LogP contribution >= 0.6 is 0 Å². The Morgan fingerprint density at radius 1 is 1.28 bits per heavy atom. The first-order chi connectivity index (χ1) is 12.1. The Kier molecular flexibility index (Phi) is 4.14. The molecule has 8 nitrogen and oxygen atoms in total. The predicted molar refractivity (Wildman–Crippen MR) is 90.7 cm³/mol. The molecule has 1 saturated heterocycles. The van der Waals surface area contributed by atoms with E-state index < -0.39 is 0 Å². The number of aryl methyl sites for hydroxylation is 2. The first-order valence-corrected chi connectivity index (χ1v) is 8.42. The zero-order valence-electron chi connectivity index (χ0n) is 14.7. The van der Waals surface area contributed by atoms with Gasteiger partial charge in [0.1, 0.15) is 17.5 Å². The molecule has 132 valence electrons. The van der Waals surface area contributed by atoms with Crippen LogP contribution in [0.5, 0.6) is 0 Å². The van der Waals surface area contributed by atoms with Gasteiger partial charge in [0, 0.05) is 31.7 Å². The highest BCUT2D eigenvalue weighted by Crippen LogP contribution is 2.27. The summed E-state index contributed by atoms with van der Waals surface area (Å²) in [5.74, 6) is 3.06. The average molecular weight is 342 g/mol. The van der Waals surface area contributed by atoms with E-state index in [2.05, 4.69) is 37.2 Å². The molecule has 0 spiro atoms. The van der Waals surface area contributed by atoms with Crippen molar-refractivity contribution in [2.24, 2.45) is 0 Å². The van der Waals surface area contributed by atoms with Crippen LogP contribution in [0.3, 0.4) is 0 Å². The highest BCUT2D eigenvalue weighted by molar-refractivity contribution is 5.56. The zero-order valence-corrected chi connectivity index (χ0v) is 14.7. The summed E-state index contributed by atoms with van der Waals surface area (Å²) in [6.45, 7) is 7.33. The Balaban J connectivity index is 1.51. The molecule has 8 heteroatoms. The second kappa shape index (κ2) is 6.45. The van der Waals surface area contributed by atoms with E-state index in [0.29, 0.717) is 11.7 Å². The molecular formula is C17H22N6O2. The van der Waals surface area contributed by atoms with Crippen molar-refractivity contribution in [1.29, 1.82) is 0 Å². The third-order valence-corrected chi connectivity index (χ3v) is 4.66. The smallest absolute Gasteiger partial charge is 0.245 e. The van der Waals surface area contributed by atoms with Crippen molar-refractivity contribution < 1.29 is 8.94 Å². The van der Waals surface area contributed by atoms with Gasteiger partial charge >= 0.3 is 0 Å². The van der Waals surface area contributed by atoms with Gasteiger partial charge in [-0.05, 0) is 33.0 Å². The number of hydrogen-bond acceptors (Lipinski definition) is 7. The lowest BCUT2D eigenvalue weighted by atomic mass is 10.1. The summed E-state index contributed by atoms with van der Waals surface area (Å²) < 4.78 is 11.1. The van der Waals surface area contributed by atoms with Crippen LogP contribution in [0.25, 0.3) is 11.5 Å². The van der Waals surface area contributed by atoms with Crippen molar-refractivity contribution in [3.8, 4) is 11.5 Å². The lowest BCUT2D eigenvalue weighted by molar-refractivity contribution is 0.0715. The summed E-state index contributed by atoms with van der Waals surface area (Å²) in [5, 5.41) is 11.2. The van der Waals surface area contributed by atoms with Crippen LogP contribution in [-0.2, 0) is 6.54 Å². The van der Waals surface area contributed by atoms with Crippen LogP contribution in [0.1, 0.15) is 29.1 Å². The van der Waals surface area contributed by atoms with Crippen LogP contribution in [0, 0.1) is 13.8 Å². The second-order valence-corrected chi connectivity index (χ2v) is 6.59. The molecule has 0 aromatic carbocycles. The molecule has 1 N–H and O–H groups in total. The fourth-order valence-corrected chi connectivity index (χ4v) is 3.24. The number of nitrogens with zero attached hydrogens (tertiary/aromatic N) is 5. The molecular weight excluding hydrogens is 320 g/mol. The molecule has 0 bridgehead atoms. The maximum Gasteiger partial charge on any atom is 0.245 e.